The second-order valence-corrected chi connectivity index (χ2v) is 6.76. The Morgan fingerprint density at radius 1 is 1.31 bits per heavy atom. The highest BCUT2D eigenvalue weighted by molar-refractivity contribution is 8.15. The number of aromatic nitrogens is 1. The Balaban J connectivity index is 1.73. The van der Waals surface area contributed by atoms with Gasteiger partial charge in [-0.1, -0.05) is 23.8 Å². The van der Waals surface area contributed by atoms with Crippen LogP contribution < -0.4 is 10.1 Å². The molecule has 7 heteroatoms. The van der Waals surface area contributed by atoms with Gasteiger partial charge in [0.25, 0.3) is 5.24 Å². The average Bonchev–Trinajstić information content (AvgIpc) is 3.03. The first-order valence-electron chi connectivity index (χ1n) is 9.88. The van der Waals surface area contributed by atoms with Crippen LogP contribution in [0.15, 0.2) is 42.5 Å². The molecule has 6 nitrogen and oxygen atoms in total. The SMILES string of the molecule is [2H]c1c([2H])c(OCCc2ccc(C(C)=O)cn2)c([2H])c([2H])c1CC1SC(=O)NC1=O. The van der Waals surface area contributed by atoms with Gasteiger partial charge in [-0.2, -0.15) is 0 Å². The maximum atomic E-state index is 11.8. The minimum atomic E-state index is -0.791. The number of ketones is 1. The van der Waals surface area contributed by atoms with E-state index in [2.05, 4.69) is 10.3 Å². The fourth-order valence-corrected chi connectivity index (χ4v) is 3.09. The maximum Gasteiger partial charge on any atom is 0.286 e. The number of benzene rings is 1. The molecule has 1 aliphatic heterocycles. The lowest BCUT2D eigenvalue weighted by atomic mass is 10.1. The summed E-state index contributed by atoms with van der Waals surface area (Å²) in [5.41, 5.74) is 1.20. The number of ether oxygens (including phenoxy) is 1. The highest BCUT2D eigenvalue weighted by Gasteiger charge is 2.31. The van der Waals surface area contributed by atoms with Crippen molar-refractivity contribution in [1.82, 2.24) is 10.3 Å². The fourth-order valence-electron chi connectivity index (χ4n) is 2.25. The van der Waals surface area contributed by atoms with Crippen LogP contribution in [0.2, 0.25) is 0 Å². The molecule has 2 aromatic rings. The Kier molecular flexibility index (Phi) is 4.23. The Labute approximate surface area is 161 Å². The fraction of sp³-hybridized carbons (Fsp3) is 0.263. The number of nitrogens with zero attached hydrogens (tertiary/aromatic N) is 1. The van der Waals surface area contributed by atoms with E-state index in [1.165, 1.54) is 13.1 Å². The first-order chi connectivity index (χ1) is 14.2. The van der Waals surface area contributed by atoms with Crippen molar-refractivity contribution in [3.63, 3.8) is 0 Å². The second-order valence-electron chi connectivity index (χ2n) is 5.59. The Bertz CT molecular complexity index is 1000. The summed E-state index contributed by atoms with van der Waals surface area (Å²) in [4.78, 5) is 38.5. The van der Waals surface area contributed by atoms with E-state index < -0.39 is 16.4 Å². The molecule has 134 valence electrons. The lowest BCUT2D eigenvalue weighted by Gasteiger charge is -2.08. The first-order valence-corrected chi connectivity index (χ1v) is 8.76. The van der Waals surface area contributed by atoms with Gasteiger partial charge in [0.1, 0.15) is 5.75 Å². The molecule has 1 aromatic carbocycles. The van der Waals surface area contributed by atoms with Crippen LogP contribution >= 0.6 is 11.8 Å². The molecule has 1 N–H and O–H groups in total. The number of hydrogen-bond donors (Lipinski definition) is 1. The molecule has 1 aromatic heterocycles. The van der Waals surface area contributed by atoms with E-state index in [1.54, 1.807) is 12.1 Å². The van der Waals surface area contributed by atoms with Gasteiger partial charge in [0.15, 0.2) is 5.78 Å². The predicted octanol–water partition coefficient (Wildman–Crippen LogP) is 2.80. The molecule has 0 aliphatic carbocycles. The normalized spacial score (nSPS) is 18.6. The van der Waals surface area contributed by atoms with E-state index in [1.807, 2.05) is 0 Å². The molecule has 1 fully saturated rings. The quantitative estimate of drug-likeness (QED) is 0.750. The summed E-state index contributed by atoms with van der Waals surface area (Å²) in [6, 6.07) is 2.03. The van der Waals surface area contributed by atoms with Crippen molar-refractivity contribution in [2.45, 2.75) is 25.0 Å². The highest BCUT2D eigenvalue weighted by Crippen LogP contribution is 2.23. The van der Waals surface area contributed by atoms with Gasteiger partial charge in [-0.05, 0) is 43.1 Å². The molecule has 1 unspecified atom stereocenters. The highest BCUT2D eigenvalue weighted by atomic mass is 32.2. The summed E-state index contributed by atoms with van der Waals surface area (Å²) in [6.45, 7) is 1.51. The van der Waals surface area contributed by atoms with Crippen molar-refractivity contribution in [2.75, 3.05) is 6.61 Å². The van der Waals surface area contributed by atoms with Crippen LogP contribution in [0.25, 0.3) is 0 Å². The third-order valence-corrected chi connectivity index (χ3v) is 4.63. The molecule has 2 amide bonds. The number of imide groups is 1. The first kappa shape index (κ1) is 13.5. The molecule has 1 saturated heterocycles. The maximum absolute atomic E-state index is 11.8. The average molecular weight is 374 g/mol. The zero-order valence-electron chi connectivity index (χ0n) is 17.9. The number of carbonyl (C=O) groups excluding carboxylic acids is 3. The van der Waals surface area contributed by atoms with E-state index in [-0.39, 0.29) is 54.3 Å². The van der Waals surface area contributed by atoms with Crippen LogP contribution in [-0.4, -0.2) is 33.8 Å². The van der Waals surface area contributed by atoms with Gasteiger partial charge in [0.2, 0.25) is 5.91 Å². The van der Waals surface area contributed by atoms with E-state index in [0.717, 1.165) is 11.8 Å². The van der Waals surface area contributed by atoms with Crippen molar-refractivity contribution < 1.29 is 24.6 Å². The summed E-state index contributed by atoms with van der Waals surface area (Å²) >= 11 is 0.768. The zero-order valence-corrected chi connectivity index (χ0v) is 14.7. The van der Waals surface area contributed by atoms with E-state index >= 15 is 0 Å². The molecule has 0 spiro atoms. The minimum Gasteiger partial charge on any atom is -0.493 e. The molecule has 26 heavy (non-hydrogen) atoms. The van der Waals surface area contributed by atoms with Gasteiger partial charge in [-0.15, -0.1) is 0 Å². The number of Topliss-reactive ketones (excluding diaryl/α,β-unsaturated/α-hetero) is 1. The number of carbonyl (C=O) groups is 3. The number of thioether (sulfide) groups is 1. The monoisotopic (exact) mass is 374 g/mol. The number of amides is 2. The largest absolute Gasteiger partial charge is 0.493 e. The molecular weight excluding hydrogens is 352 g/mol. The van der Waals surface area contributed by atoms with E-state index in [0.29, 0.717) is 17.7 Å². The predicted molar refractivity (Wildman–Crippen MR) is 98.5 cm³/mol. The van der Waals surface area contributed by atoms with Crippen LogP contribution in [0.5, 0.6) is 5.75 Å². The smallest absolute Gasteiger partial charge is 0.286 e. The molecule has 0 bridgehead atoms. The molecule has 2 heterocycles. The third-order valence-electron chi connectivity index (χ3n) is 3.65. The van der Waals surface area contributed by atoms with Crippen molar-refractivity contribution in [3.05, 3.63) is 59.3 Å². The van der Waals surface area contributed by atoms with Crippen molar-refractivity contribution >= 4 is 28.7 Å². The second kappa shape index (κ2) is 8.14. The van der Waals surface area contributed by atoms with Gasteiger partial charge < -0.3 is 4.74 Å². The van der Waals surface area contributed by atoms with Crippen LogP contribution in [0.3, 0.4) is 0 Å². The van der Waals surface area contributed by atoms with Crippen LogP contribution in [-0.2, 0) is 17.6 Å². The summed E-state index contributed by atoms with van der Waals surface area (Å²) in [6.07, 6.45) is 1.72. The van der Waals surface area contributed by atoms with Gasteiger partial charge in [-0.3, -0.25) is 24.7 Å². The van der Waals surface area contributed by atoms with Crippen LogP contribution in [0, 0.1) is 0 Å². The van der Waals surface area contributed by atoms with Gasteiger partial charge in [0.05, 0.1) is 17.3 Å². The number of pyridine rings is 1. The van der Waals surface area contributed by atoms with Crippen molar-refractivity contribution in [3.8, 4) is 5.75 Å². The summed E-state index contributed by atoms with van der Waals surface area (Å²) < 4.78 is 38.2. The lowest BCUT2D eigenvalue weighted by molar-refractivity contribution is -0.118. The molecule has 3 rings (SSSR count). The molecule has 1 atom stereocenters. The summed E-state index contributed by atoms with van der Waals surface area (Å²) in [5.74, 6) is -0.786. The lowest BCUT2D eigenvalue weighted by Crippen LogP contribution is -2.25. The van der Waals surface area contributed by atoms with Gasteiger partial charge >= 0.3 is 0 Å². The van der Waals surface area contributed by atoms with Crippen molar-refractivity contribution in [1.29, 1.82) is 0 Å². The number of hydrogen-bond acceptors (Lipinski definition) is 6. The molecule has 0 radical (unpaired) electrons. The number of nitrogens with one attached hydrogen (secondary N) is 1. The standard InChI is InChI=1S/C19H18N2O4S/c1-12(22)14-4-5-15(20-11-14)8-9-25-16-6-2-13(3-7-16)10-17-18(23)21-19(24)26-17/h2-7,11,17H,8-10H2,1H3,(H,21,23,24)/i2D,3D,6D,7D. The minimum absolute atomic E-state index is 0.0567. The molecular formula is C19H18N2O4S. The van der Waals surface area contributed by atoms with Crippen LogP contribution in [0.1, 0.15) is 34.0 Å². The van der Waals surface area contributed by atoms with E-state index in [4.69, 9.17) is 10.2 Å². The van der Waals surface area contributed by atoms with Crippen molar-refractivity contribution in [2.24, 2.45) is 0 Å². The Morgan fingerprint density at radius 3 is 2.65 bits per heavy atom. The third kappa shape index (κ3) is 4.70. The van der Waals surface area contributed by atoms with Gasteiger partial charge in [-0.25, -0.2) is 0 Å². The Hall–Kier alpha value is -2.67. The number of rotatable bonds is 7. The zero-order chi connectivity index (χ0) is 22.0. The van der Waals surface area contributed by atoms with E-state index in [9.17, 15) is 14.4 Å². The Morgan fingerprint density at radius 2 is 2.08 bits per heavy atom. The topological polar surface area (TPSA) is 85.4 Å². The van der Waals surface area contributed by atoms with Crippen LogP contribution in [0.4, 0.5) is 4.79 Å². The summed E-state index contributed by atoms with van der Waals surface area (Å²) in [5, 5.41) is 0.853. The molecule has 1 aliphatic rings. The summed E-state index contributed by atoms with van der Waals surface area (Å²) in [7, 11) is 0. The molecule has 0 saturated carbocycles. The van der Waals surface area contributed by atoms with Gasteiger partial charge in [0, 0.05) is 23.9 Å².